The SMILES string of the molecule is O=Cc1cc(N2CCC(CF)C2)cs1. The van der Waals surface area contributed by atoms with E-state index < -0.39 is 0 Å². The molecule has 1 saturated heterocycles. The normalized spacial score (nSPS) is 21.5. The average molecular weight is 213 g/mol. The van der Waals surface area contributed by atoms with Gasteiger partial charge in [0.15, 0.2) is 6.29 Å². The zero-order valence-corrected chi connectivity index (χ0v) is 8.60. The summed E-state index contributed by atoms with van der Waals surface area (Å²) in [6, 6.07) is 1.87. The highest BCUT2D eigenvalue weighted by molar-refractivity contribution is 7.12. The number of carbonyl (C=O) groups excluding carboxylic acids is 1. The third kappa shape index (κ3) is 1.80. The molecule has 0 aliphatic carbocycles. The van der Waals surface area contributed by atoms with Crippen molar-refractivity contribution < 1.29 is 9.18 Å². The first-order valence-corrected chi connectivity index (χ1v) is 5.56. The fraction of sp³-hybridized carbons (Fsp3) is 0.500. The molecule has 0 aromatic carbocycles. The Hall–Kier alpha value is -0.900. The molecule has 1 atom stereocenters. The van der Waals surface area contributed by atoms with Gasteiger partial charge in [-0.25, -0.2) is 0 Å². The summed E-state index contributed by atoms with van der Waals surface area (Å²) >= 11 is 1.44. The predicted octanol–water partition coefficient (Wildman–Crippen LogP) is 2.36. The fourth-order valence-electron chi connectivity index (χ4n) is 1.76. The minimum atomic E-state index is -0.235. The van der Waals surface area contributed by atoms with Gasteiger partial charge in [-0.1, -0.05) is 0 Å². The number of thiophene rings is 1. The Morgan fingerprint density at radius 3 is 3.14 bits per heavy atom. The van der Waals surface area contributed by atoms with Crippen molar-refractivity contribution >= 4 is 23.3 Å². The summed E-state index contributed by atoms with van der Waals surface area (Å²) in [6.07, 6.45) is 1.78. The molecule has 1 aliphatic rings. The lowest BCUT2D eigenvalue weighted by Gasteiger charge is -2.15. The van der Waals surface area contributed by atoms with Crippen LogP contribution in [0, 0.1) is 5.92 Å². The summed E-state index contributed by atoms with van der Waals surface area (Å²) in [6.45, 7) is 1.45. The van der Waals surface area contributed by atoms with E-state index in [1.54, 1.807) is 0 Å². The van der Waals surface area contributed by atoms with Crippen molar-refractivity contribution in [1.82, 2.24) is 0 Å². The standard InChI is InChI=1S/C10H12FNOS/c11-4-8-1-2-12(5-8)9-3-10(6-13)14-7-9/h3,6-8H,1-2,4-5H2. The molecular formula is C10H12FNOS. The molecule has 1 aromatic heterocycles. The van der Waals surface area contributed by atoms with Gasteiger partial charge in [0, 0.05) is 30.1 Å². The van der Waals surface area contributed by atoms with E-state index in [0.717, 1.165) is 36.4 Å². The van der Waals surface area contributed by atoms with Crippen molar-refractivity contribution in [3.05, 3.63) is 16.3 Å². The maximum atomic E-state index is 12.4. The topological polar surface area (TPSA) is 20.3 Å². The zero-order chi connectivity index (χ0) is 9.97. The number of anilines is 1. The van der Waals surface area contributed by atoms with Crippen LogP contribution < -0.4 is 4.90 Å². The summed E-state index contributed by atoms with van der Waals surface area (Å²) in [5, 5.41) is 1.96. The molecule has 1 aromatic rings. The second kappa shape index (κ2) is 4.09. The van der Waals surface area contributed by atoms with Crippen LogP contribution >= 0.6 is 11.3 Å². The first-order chi connectivity index (χ1) is 6.83. The Kier molecular flexibility index (Phi) is 2.82. The molecule has 1 fully saturated rings. The van der Waals surface area contributed by atoms with Crippen LogP contribution in [0.4, 0.5) is 10.1 Å². The first kappa shape index (κ1) is 9.65. The van der Waals surface area contributed by atoms with Crippen molar-refractivity contribution in [3.63, 3.8) is 0 Å². The Morgan fingerprint density at radius 1 is 1.71 bits per heavy atom. The molecule has 2 heterocycles. The molecular weight excluding hydrogens is 201 g/mol. The van der Waals surface area contributed by atoms with Crippen molar-refractivity contribution in [2.45, 2.75) is 6.42 Å². The number of alkyl halides is 1. The fourth-order valence-corrected chi connectivity index (χ4v) is 2.48. The van der Waals surface area contributed by atoms with Crippen LogP contribution in [0.15, 0.2) is 11.4 Å². The Bertz CT molecular complexity index is 326. The first-order valence-electron chi connectivity index (χ1n) is 4.68. The number of hydrogen-bond donors (Lipinski definition) is 0. The van der Waals surface area contributed by atoms with Gasteiger partial charge in [-0.2, -0.15) is 0 Å². The zero-order valence-electron chi connectivity index (χ0n) is 7.78. The van der Waals surface area contributed by atoms with Gasteiger partial charge in [-0.3, -0.25) is 9.18 Å². The van der Waals surface area contributed by atoms with E-state index >= 15 is 0 Å². The molecule has 0 amide bonds. The summed E-state index contributed by atoms with van der Waals surface area (Å²) in [5.41, 5.74) is 1.06. The second-order valence-electron chi connectivity index (χ2n) is 3.58. The number of hydrogen-bond acceptors (Lipinski definition) is 3. The maximum Gasteiger partial charge on any atom is 0.160 e. The van der Waals surface area contributed by atoms with Gasteiger partial charge in [-0.15, -0.1) is 11.3 Å². The van der Waals surface area contributed by atoms with Gasteiger partial charge in [0.05, 0.1) is 11.6 Å². The highest BCUT2D eigenvalue weighted by Crippen LogP contribution is 2.27. The lowest BCUT2D eigenvalue weighted by molar-refractivity contribution is 0.112. The number of rotatable bonds is 3. The van der Waals surface area contributed by atoms with E-state index in [9.17, 15) is 9.18 Å². The second-order valence-corrected chi connectivity index (χ2v) is 4.52. The molecule has 2 nitrogen and oxygen atoms in total. The van der Waals surface area contributed by atoms with Crippen LogP contribution in [-0.2, 0) is 0 Å². The molecule has 2 rings (SSSR count). The Labute approximate surface area is 86.3 Å². The number of carbonyl (C=O) groups is 1. The van der Waals surface area contributed by atoms with Gasteiger partial charge < -0.3 is 4.90 Å². The third-order valence-electron chi connectivity index (χ3n) is 2.59. The monoisotopic (exact) mass is 213 g/mol. The Morgan fingerprint density at radius 2 is 2.57 bits per heavy atom. The molecule has 0 saturated carbocycles. The van der Waals surface area contributed by atoms with Crippen molar-refractivity contribution in [3.8, 4) is 0 Å². The lowest BCUT2D eigenvalue weighted by Crippen LogP contribution is -2.19. The highest BCUT2D eigenvalue weighted by Gasteiger charge is 2.22. The van der Waals surface area contributed by atoms with Crippen LogP contribution in [0.1, 0.15) is 16.1 Å². The van der Waals surface area contributed by atoms with Gasteiger partial charge in [0.25, 0.3) is 0 Å². The van der Waals surface area contributed by atoms with Gasteiger partial charge in [0.2, 0.25) is 0 Å². The van der Waals surface area contributed by atoms with E-state index in [1.165, 1.54) is 11.3 Å². The largest absolute Gasteiger partial charge is 0.370 e. The number of nitrogens with zero attached hydrogens (tertiary/aromatic N) is 1. The minimum Gasteiger partial charge on any atom is -0.370 e. The van der Waals surface area contributed by atoms with E-state index in [1.807, 2.05) is 11.4 Å². The quantitative estimate of drug-likeness (QED) is 0.718. The summed E-state index contributed by atoms with van der Waals surface area (Å²) in [4.78, 5) is 13.4. The van der Waals surface area contributed by atoms with Crippen LogP contribution in [0.25, 0.3) is 0 Å². The highest BCUT2D eigenvalue weighted by atomic mass is 32.1. The van der Waals surface area contributed by atoms with E-state index in [4.69, 9.17) is 0 Å². The van der Waals surface area contributed by atoms with E-state index in [2.05, 4.69) is 4.90 Å². The lowest BCUT2D eigenvalue weighted by atomic mass is 10.1. The number of aldehydes is 1. The van der Waals surface area contributed by atoms with Gasteiger partial charge >= 0.3 is 0 Å². The van der Waals surface area contributed by atoms with Crippen molar-refractivity contribution in [2.24, 2.45) is 5.92 Å². The number of halogens is 1. The molecule has 0 radical (unpaired) electrons. The van der Waals surface area contributed by atoms with Crippen LogP contribution in [0.2, 0.25) is 0 Å². The van der Waals surface area contributed by atoms with Crippen molar-refractivity contribution in [1.29, 1.82) is 0 Å². The summed E-state index contributed by atoms with van der Waals surface area (Å²) < 4.78 is 12.4. The predicted molar refractivity (Wildman–Crippen MR) is 56.0 cm³/mol. The molecule has 1 unspecified atom stereocenters. The summed E-state index contributed by atoms with van der Waals surface area (Å²) in [5.74, 6) is 0.176. The minimum absolute atomic E-state index is 0.176. The van der Waals surface area contributed by atoms with Gasteiger partial charge in [-0.05, 0) is 12.5 Å². The molecule has 76 valence electrons. The maximum absolute atomic E-state index is 12.4. The molecule has 0 spiro atoms. The molecule has 1 aliphatic heterocycles. The Balaban J connectivity index is 2.05. The smallest absolute Gasteiger partial charge is 0.160 e. The van der Waals surface area contributed by atoms with Crippen LogP contribution in [-0.4, -0.2) is 26.1 Å². The van der Waals surface area contributed by atoms with Crippen LogP contribution in [0.5, 0.6) is 0 Å². The summed E-state index contributed by atoms with van der Waals surface area (Å²) in [7, 11) is 0. The van der Waals surface area contributed by atoms with Crippen LogP contribution in [0.3, 0.4) is 0 Å². The average Bonchev–Trinajstić information content (AvgIpc) is 2.86. The molecule has 0 N–H and O–H groups in total. The van der Waals surface area contributed by atoms with Gasteiger partial charge in [0.1, 0.15) is 0 Å². The third-order valence-corrected chi connectivity index (χ3v) is 3.44. The van der Waals surface area contributed by atoms with E-state index in [-0.39, 0.29) is 12.6 Å². The molecule has 0 bridgehead atoms. The van der Waals surface area contributed by atoms with Crippen molar-refractivity contribution in [2.75, 3.05) is 24.7 Å². The molecule has 14 heavy (non-hydrogen) atoms. The van der Waals surface area contributed by atoms with E-state index in [0.29, 0.717) is 0 Å². The molecule has 4 heteroatoms.